The van der Waals surface area contributed by atoms with Crippen LogP contribution in [0.3, 0.4) is 0 Å². The lowest BCUT2D eigenvalue weighted by Crippen LogP contribution is -2.54. The number of aryl methyl sites for hydroxylation is 1. The third-order valence-electron chi connectivity index (χ3n) is 5.29. The number of anilines is 1. The molecule has 3 rings (SSSR count). The summed E-state index contributed by atoms with van der Waals surface area (Å²) in [5, 5.41) is 2.89. The maximum atomic E-state index is 13.1. The summed E-state index contributed by atoms with van der Waals surface area (Å²) in [4.78, 5) is 27.6. The van der Waals surface area contributed by atoms with Gasteiger partial charge in [-0.1, -0.05) is 43.7 Å². The van der Waals surface area contributed by atoms with Crippen LogP contribution in [0.15, 0.2) is 48.5 Å². The molecule has 1 atom stereocenters. The molecule has 2 amide bonds. The molecule has 1 aliphatic heterocycles. The number of carbonyl (C=O) groups excluding carboxylic acids is 2. The zero-order chi connectivity index (χ0) is 19.6. The van der Waals surface area contributed by atoms with E-state index in [1.165, 1.54) is 0 Å². The van der Waals surface area contributed by atoms with Crippen molar-refractivity contribution in [3.05, 3.63) is 65.2 Å². The summed E-state index contributed by atoms with van der Waals surface area (Å²) < 4.78 is 0. The topological polar surface area (TPSA) is 75.4 Å². The Balaban J connectivity index is 0.00000280. The molecule has 6 heteroatoms. The molecule has 0 radical (unpaired) electrons. The Kier molecular flexibility index (Phi) is 6.86. The fourth-order valence-electron chi connectivity index (χ4n) is 3.48. The third kappa shape index (κ3) is 4.72. The molecule has 1 fully saturated rings. The molecule has 2 aromatic rings. The summed E-state index contributed by atoms with van der Waals surface area (Å²) in [7, 11) is 0. The Morgan fingerprint density at radius 1 is 1.14 bits per heavy atom. The average Bonchev–Trinajstić information content (AvgIpc) is 2.64. The van der Waals surface area contributed by atoms with Gasteiger partial charge in [0.15, 0.2) is 0 Å². The molecule has 3 N–H and O–H groups in total. The Hall–Kier alpha value is -2.37. The standard InChI is InChI=1S/C22H27N3O2.ClH/c1-15-7-6-8-16(13-15)20(26)24-18-10-5-4-9-17(18)21(27)25-12-11-19(23)22(2,3)14-25;/h4-10,13,19H,11-12,14,23H2,1-3H3,(H,24,26);1H. The van der Waals surface area contributed by atoms with E-state index in [1.807, 2.05) is 42.2 Å². The van der Waals surface area contributed by atoms with Crippen LogP contribution < -0.4 is 11.1 Å². The van der Waals surface area contributed by atoms with E-state index in [0.29, 0.717) is 29.9 Å². The van der Waals surface area contributed by atoms with Gasteiger partial charge >= 0.3 is 0 Å². The fraction of sp³-hybridized carbons (Fsp3) is 0.364. The number of para-hydroxylation sites is 1. The first-order valence-electron chi connectivity index (χ1n) is 9.30. The van der Waals surface area contributed by atoms with E-state index < -0.39 is 0 Å². The van der Waals surface area contributed by atoms with Gasteiger partial charge in [-0.3, -0.25) is 9.59 Å². The zero-order valence-electron chi connectivity index (χ0n) is 16.6. The predicted molar refractivity (Wildman–Crippen MR) is 115 cm³/mol. The second-order valence-electron chi connectivity index (χ2n) is 7.98. The van der Waals surface area contributed by atoms with E-state index in [9.17, 15) is 9.59 Å². The lowest BCUT2D eigenvalue weighted by Gasteiger charge is -2.42. The van der Waals surface area contributed by atoms with Gasteiger partial charge < -0.3 is 16.0 Å². The minimum atomic E-state index is -0.222. The van der Waals surface area contributed by atoms with Gasteiger partial charge in [-0.05, 0) is 43.0 Å². The summed E-state index contributed by atoms with van der Waals surface area (Å²) >= 11 is 0. The molecule has 150 valence electrons. The molecule has 1 heterocycles. The molecule has 1 saturated heterocycles. The summed E-state index contributed by atoms with van der Waals surface area (Å²) in [5.74, 6) is -0.296. The minimum absolute atomic E-state index is 0. The molecule has 1 aliphatic rings. The molecule has 0 spiro atoms. The second-order valence-corrected chi connectivity index (χ2v) is 7.98. The smallest absolute Gasteiger partial charge is 0.255 e. The number of halogens is 1. The first kappa shape index (κ1) is 21.9. The average molecular weight is 402 g/mol. The van der Waals surface area contributed by atoms with Crippen molar-refractivity contribution in [1.29, 1.82) is 0 Å². The minimum Gasteiger partial charge on any atom is -0.338 e. The van der Waals surface area contributed by atoms with Crippen molar-refractivity contribution in [1.82, 2.24) is 4.90 Å². The molecule has 0 bridgehead atoms. The van der Waals surface area contributed by atoms with E-state index in [4.69, 9.17) is 5.73 Å². The molecular formula is C22H28ClN3O2. The number of rotatable bonds is 3. The number of nitrogens with two attached hydrogens (primary N) is 1. The fourth-order valence-corrected chi connectivity index (χ4v) is 3.48. The number of likely N-dealkylation sites (tertiary alicyclic amines) is 1. The number of piperidine rings is 1. The van der Waals surface area contributed by atoms with E-state index in [2.05, 4.69) is 19.2 Å². The number of hydrogen-bond donors (Lipinski definition) is 2. The van der Waals surface area contributed by atoms with Crippen LogP contribution in [0.4, 0.5) is 5.69 Å². The van der Waals surface area contributed by atoms with E-state index in [0.717, 1.165) is 12.0 Å². The van der Waals surface area contributed by atoms with Crippen molar-refractivity contribution in [2.45, 2.75) is 33.2 Å². The molecule has 0 aromatic heterocycles. The van der Waals surface area contributed by atoms with Crippen molar-refractivity contribution in [3.63, 3.8) is 0 Å². The van der Waals surface area contributed by atoms with Crippen LogP contribution in [0.25, 0.3) is 0 Å². The van der Waals surface area contributed by atoms with Crippen LogP contribution in [0, 0.1) is 12.3 Å². The van der Waals surface area contributed by atoms with Gasteiger partial charge in [0, 0.05) is 24.7 Å². The van der Waals surface area contributed by atoms with Gasteiger partial charge in [0.2, 0.25) is 0 Å². The largest absolute Gasteiger partial charge is 0.338 e. The summed E-state index contributed by atoms with van der Waals surface area (Å²) in [6, 6.07) is 14.6. The maximum absolute atomic E-state index is 13.1. The maximum Gasteiger partial charge on any atom is 0.255 e. The zero-order valence-corrected chi connectivity index (χ0v) is 17.4. The number of nitrogens with one attached hydrogen (secondary N) is 1. The highest BCUT2D eigenvalue weighted by molar-refractivity contribution is 6.09. The van der Waals surface area contributed by atoms with Gasteiger partial charge in [0.1, 0.15) is 0 Å². The van der Waals surface area contributed by atoms with E-state index >= 15 is 0 Å². The molecule has 5 nitrogen and oxygen atoms in total. The molecule has 2 aromatic carbocycles. The van der Waals surface area contributed by atoms with Gasteiger partial charge in [-0.2, -0.15) is 0 Å². The van der Waals surface area contributed by atoms with Crippen molar-refractivity contribution >= 4 is 29.9 Å². The summed E-state index contributed by atoms with van der Waals surface area (Å²) in [5.41, 5.74) is 8.68. The van der Waals surface area contributed by atoms with Gasteiger partial charge in [-0.25, -0.2) is 0 Å². The number of amides is 2. The van der Waals surface area contributed by atoms with Crippen LogP contribution in [0.1, 0.15) is 46.5 Å². The first-order valence-corrected chi connectivity index (χ1v) is 9.30. The Morgan fingerprint density at radius 2 is 1.86 bits per heavy atom. The van der Waals surface area contributed by atoms with Crippen molar-refractivity contribution in [3.8, 4) is 0 Å². The first-order chi connectivity index (χ1) is 12.8. The summed E-state index contributed by atoms with van der Waals surface area (Å²) in [6.45, 7) is 7.35. The SMILES string of the molecule is Cc1cccc(C(=O)Nc2ccccc2C(=O)N2CCC(N)C(C)(C)C2)c1.Cl. The monoisotopic (exact) mass is 401 g/mol. The second kappa shape index (κ2) is 8.76. The highest BCUT2D eigenvalue weighted by Crippen LogP contribution is 2.29. The lowest BCUT2D eigenvalue weighted by molar-refractivity contribution is 0.0534. The Bertz CT molecular complexity index is 866. The highest BCUT2D eigenvalue weighted by atomic mass is 35.5. The molecule has 1 unspecified atom stereocenters. The molecular weight excluding hydrogens is 374 g/mol. The normalized spacial score (nSPS) is 18.1. The van der Waals surface area contributed by atoms with Crippen LogP contribution in [0.2, 0.25) is 0 Å². The third-order valence-corrected chi connectivity index (χ3v) is 5.29. The summed E-state index contributed by atoms with van der Waals surface area (Å²) in [6.07, 6.45) is 0.774. The lowest BCUT2D eigenvalue weighted by atomic mass is 9.79. The molecule has 0 aliphatic carbocycles. The quantitative estimate of drug-likeness (QED) is 0.819. The van der Waals surface area contributed by atoms with Crippen LogP contribution in [-0.4, -0.2) is 35.8 Å². The van der Waals surface area contributed by atoms with Crippen molar-refractivity contribution in [2.24, 2.45) is 11.1 Å². The number of hydrogen-bond acceptors (Lipinski definition) is 3. The van der Waals surface area contributed by atoms with Crippen LogP contribution in [-0.2, 0) is 0 Å². The Labute approximate surface area is 172 Å². The number of nitrogens with zero attached hydrogens (tertiary/aromatic N) is 1. The predicted octanol–water partition coefficient (Wildman–Crippen LogP) is 3.87. The highest BCUT2D eigenvalue weighted by Gasteiger charge is 2.36. The van der Waals surface area contributed by atoms with E-state index in [1.54, 1.807) is 18.2 Å². The van der Waals surface area contributed by atoms with Gasteiger partial charge in [0.05, 0.1) is 11.3 Å². The van der Waals surface area contributed by atoms with Crippen molar-refractivity contribution in [2.75, 3.05) is 18.4 Å². The number of benzene rings is 2. The van der Waals surface area contributed by atoms with Gasteiger partial charge in [0.25, 0.3) is 11.8 Å². The molecule has 0 saturated carbocycles. The van der Waals surface area contributed by atoms with Gasteiger partial charge in [-0.15, -0.1) is 12.4 Å². The van der Waals surface area contributed by atoms with E-state index in [-0.39, 0.29) is 35.7 Å². The number of carbonyl (C=O) groups is 2. The molecule has 28 heavy (non-hydrogen) atoms. The van der Waals surface area contributed by atoms with Crippen LogP contribution in [0.5, 0.6) is 0 Å². The Morgan fingerprint density at radius 3 is 2.54 bits per heavy atom. The van der Waals surface area contributed by atoms with Crippen LogP contribution >= 0.6 is 12.4 Å². The van der Waals surface area contributed by atoms with Crippen molar-refractivity contribution < 1.29 is 9.59 Å².